The van der Waals surface area contributed by atoms with Crippen LogP contribution < -0.4 is 11.1 Å². The van der Waals surface area contributed by atoms with E-state index in [4.69, 9.17) is 5.73 Å². The summed E-state index contributed by atoms with van der Waals surface area (Å²) in [5, 5.41) is 2.14. The highest BCUT2D eigenvalue weighted by molar-refractivity contribution is 6.03. The second kappa shape index (κ2) is 5.62. The number of nitrogens with zero attached hydrogens (tertiary/aromatic N) is 1. The maximum Gasteiger partial charge on any atom is 0.246 e. The standard InChI is InChI=1S/C13H15N3O3/c14-10(6-9-4-2-1-3-5-9)13(19)16-7-11(17)15-12(18)8-16/h1-5,10H,6-8,14H2,(H,15,17,18). The Balaban J connectivity index is 1.99. The lowest BCUT2D eigenvalue weighted by molar-refractivity contribution is -0.146. The van der Waals surface area contributed by atoms with Crippen LogP contribution in [0.1, 0.15) is 5.56 Å². The molecule has 0 spiro atoms. The van der Waals surface area contributed by atoms with Gasteiger partial charge in [0, 0.05) is 0 Å². The molecule has 3 N–H and O–H groups in total. The number of carbonyl (C=O) groups excluding carboxylic acids is 3. The second-order valence-electron chi connectivity index (χ2n) is 4.46. The molecule has 1 atom stereocenters. The van der Waals surface area contributed by atoms with Crippen molar-refractivity contribution in [2.24, 2.45) is 5.73 Å². The van der Waals surface area contributed by atoms with Crippen molar-refractivity contribution >= 4 is 17.7 Å². The molecule has 0 aliphatic carbocycles. The summed E-state index contributed by atoms with van der Waals surface area (Å²) in [6, 6.07) is 8.61. The van der Waals surface area contributed by atoms with Gasteiger partial charge in [0.1, 0.15) is 13.1 Å². The van der Waals surface area contributed by atoms with Gasteiger partial charge in [-0.2, -0.15) is 0 Å². The van der Waals surface area contributed by atoms with E-state index >= 15 is 0 Å². The first-order valence-corrected chi connectivity index (χ1v) is 5.97. The topological polar surface area (TPSA) is 92.5 Å². The highest BCUT2D eigenvalue weighted by Gasteiger charge is 2.29. The van der Waals surface area contributed by atoms with Crippen molar-refractivity contribution < 1.29 is 14.4 Å². The molecule has 1 aromatic rings. The number of carbonyl (C=O) groups is 3. The number of rotatable bonds is 3. The highest BCUT2D eigenvalue weighted by atomic mass is 16.2. The largest absolute Gasteiger partial charge is 0.323 e. The molecule has 19 heavy (non-hydrogen) atoms. The van der Waals surface area contributed by atoms with E-state index in [1.165, 1.54) is 4.90 Å². The van der Waals surface area contributed by atoms with Crippen LogP contribution in [0.5, 0.6) is 0 Å². The Morgan fingerprint density at radius 3 is 2.37 bits per heavy atom. The summed E-state index contributed by atoms with van der Waals surface area (Å²) < 4.78 is 0. The van der Waals surface area contributed by atoms with E-state index in [0.29, 0.717) is 6.42 Å². The molecule has 3 amide bonds. The first-order valence-electron chi connectivity index (χ1n) is 5.97. The van der Waals surface area contributed by atoms with Crippen LogP contribution in [0.3, 0.4) is 0 Å². The van der Waals surface area contributed by atoms with Gasteiger partial charge in [-0.1, -0.05) is 30.3 Å². The second-order valence-corrected chi connectivity index (χ2v) is 4.46. The maximum atomic E-state index is 12.1. The Morgan fingerprint density at radius 1 is 1.21 bits per heavy atom. The normalized spacial score (nSPS) is 17.0. The number of piperazine rings is 1. The summed E-state index contributed by atoms with van der Waals surface area (Å²) >= 11 is 0. The number of nitrogens with two attached hydrogens (primary N) is 1. The average molecular weight is 261 g/mol. The zero-order valence-corrected chi connectivity index (χ0v) is 10.3. The zero-order chi connectivity index (χ0) is 13.8. The molecular weight excluding hydrogens is 246 g/mol. The monoisotopic (exact) mass is 261 g/mol. The molecule has 1 aliphatic rings. The molecule has 0 radical (unpaired) electrons. The smallest absolute Gasteiger partial charge is 0.246 e. The van der Waals surface area contributed by atoms with Crippen LogP contribution in [0.2, 0.25) is 0 Å². The number of hydrogen-bond donors (Lipinski definition) is 2. The summed E-state index contributed by atoms with van der Waals surface area (Å²) in [5.74, 6) is -1.33. The molecular formula is C13H15N3O3. The number of nitrogens with one attached hydrogen (secondary N) is 1. The van der Waals surface area contributed by atoms with Crippen molar-refractivity contribution in [3.8, 4) is 0 Å². The minimum Gasteiger partial charge on any atom is -0.323 e. The van der Waals surface area contributed by atoms with E-state index in [-0.39, 0.29) is 19.0 Å². The molecule has 100 valence electrons. The van der Waals surface area contributed by atoms with E-state index in [0.717, 1.165) is 5.56 Å². The van der Waals surface area contributed by atoms with E-state index < -0.39 is 17.9 Å². The molecule has 0 saturated carbocycles. The van der Waals surface area contributed by atoms with Gasteiger partial charge >= 0.3 is 0 Å². The van der Waals surface area contributed by atoms with Crippen molar-refractivity contribution in [3.63, 3.8) is 0 Å². The molecule has 6 heteroatoms. The number of benzene rings is 1. The van der Waals surface area contributed by atoms with Crippen LogP contribution in [-0.4, -0.2) is 41.8 Å². The SMILES string of the molecule is NC(Cc1ccccc1)C(=O)N1CC(=O)NC(=O)C1. The minimum atomic E-state index is -0.749. The fraction of sp³-hybridized carbons (Fsp3) is 0.308. The van der Waals surface area contributed by atoms with Crippen molar-refractivity contribution in [3.05, 3.63) is 35.9 Å². The minimum absolute atomic E-state index is 0.118. The molecule has 1 unspecified atom stereocenters. The number of imide groups is 1. The van der Waals surface area contributed by atoms with Crippen LogP contribution >= 0.6 is 0 Å². The lowest BCUT2D eigenvalue weighted by Crippen LogP contribution is -2.57. The van der Waals surface area contributed by atoms with Crippen LogP contribution in [0.4, 0.5) is 0 Å². The fourth-order valence-electron chi connectivity index (χ4n) is 1.98. The third kappa shape index (κ3) is 3.38. The molecule has 6 nitrogen and oxygen atoms in total. The van der Waals surface area contributed by atoms with Gasteiger partial charge in [-0.3, -0.25) is 19.7 Å². The Labute approximate surface area is 110 Å². The molecule has 1 fully saturated rings. The van der Waals surface area contributed by atoms with Crippen molar-refractivity contribution in [2.75, 3.05) is 13.1 Å². The summed E-state index contributed by atoms with van der Waals surface area (Å²) in [4.78, 5) is 35.7. The van der Waals surface area contributed by atoms with Crippen LogP contribution in [0.25, 0.3) is 0 Å². The molecule has 1 aliphatic heterocycles. The van der Waals surface area contributed by atoms with Gasteiger partial charge in [0.15, 0.2) is 0 Å². The summed E-state index contributed by atoms with van der Waals surface area (Å²) in [5.41, 5.74) is 6.78. The zero-order valence-electron chi connectivity index (χ0n) is 10.3. The van der Waals surface area contributed by atoms with Gasteiger partial charge in [0.2, 0.25) is 17.7 Å². The predicted molar refractivity (Wildman–Crippen MR) is 67.9 cm³/mol. The Bertz CT molecular complexity index is 485. The quantitative estimate of drug-likeness (QED) is 0.685. The van der Waals surface area contributed by atoms with Crippen LogP contribution in [-0.2, 0) is 20.8 Å². The summed E-state index contributed by atoms with van der Waals surface area (Å²) in [6.07, 6.45) is 0.381. The van der Waals surface area contributed by atoms with Gasteiger partial charge in [-0.05, 0) is 12.0 Å². The van der Waals surface area contributed by atoms with E-state index in [9.17, 15) is 14.4 Å². The maximum absolute atomic E-state index is 12.1. The molecule has 0 aromatic heterocycles. The number of amides is 3. The predicted octanol–water partition coefficient (Wildman–Crippen LogP) is -0.959. The van der Waals surface area contributed by atoms with Crippen LogP contribution in [0.15, 0.2) is 30.3 Å². The van der Waals surface area contributed by atoms with Crippen molar-refractivity contribution in [1.29, 1.82) is 0 Å². The molecule has 1 saturated heterocycles. The lowest BCUT2D eigenvalue weighted by Gasteiger charge is -2.27. The van der Waals surface area contributed by atoms with Gasteiger partial charge in [-0.25, -0.2) is 0 Å². The summed E-state index contributed by atoms with van der Waals surface area (Å²) in [7, 11) is 0. The third-order valence-electron chi connectivity index (χ3n) is 2.88. The first kappa shape index (κ1) is 13.2. The van der Waals surface area contributed by atoms with E-state index in [1.54, 1.807) is 0 Å². The Kier molecular flexibility index (Phi) is 3.91. The van der Waals surface area contributed by atoms with E-state index in [1.807, 2.05) is 30.3 Å². The third-order valence-corrected chi connectivity index (χ3v) is 2.88. The Hall–Kier alpha value is -2.21. The summed E-state index contributed by atoms with van der Waals surface area (Å²) in [6.45, 7) is -0.236. The van der Waals surface area contributed by atoms with Gasteiger partial charge in [0.05, 0.1) is 6.04 Å². The molecule has 1 aromatic carbocycles. The molecule has 1 heterocycles. The first-order chi connectivity index (χ1) is 9.06. The van der Waals surface area contributed by atoms with Crippen LogP contribution in [0, 0.1) is 0 Å². The number of hydrogen-bond acceptors (Lipinski definition) is 4. The molecule has 0 bridgehead atoms. The van der Waals surface area contributed by atoms with Crippen molar-refractivity contribution in [2.45, 2.75) is 12.5 Å². The van der Waals surface area contributed by atoms with Gasteiger partial charge < -0.3 is 10.6 Å². The molecule has 2 rings (SSSR count). The fourth-order valence-corrected chi connectivity index (χ4v) is 1.98. The average Bonchev–Trinajstić information content (AvgIpc) is 2.37. The van der Waals surface area contributed by atoms with E-state index in [2.05, 4.69) is 5.32 Å². The lowest BCUT2D eigenvalue weighted by atomic mass is 10.1. The highest BCUT2D eigenvalue weighted by Crippen LogP contribution is 2.05. The van der Waals surface area contributed by atoms with Gasteiger partial charge in [-0.15, -0.1) is 0 Å². The Morgan fingerprint density at radius 2 is 1.79 bits per heavy atom. The van der Waals surface area contributed by atoms with Crippen molar-refractivity contribution in [1.82, 2.24) is 10.2 Å². The van der Waals surface area contributed by atoms with Gasteiger partial charge in [0.25, 0.3) is 0 Å².